The molecule has 6 heteroatoms. The van der Waals surface area contributed by atoms with Gasteiger partial charge >= 0.3 is 12.1 Å². The molecule has 110 valence electrons. The Morgan fingerprint density at radius 1 is 1.29 bits per heavy atom. The predicted molar refractivity (Wildman–Crippen MR) is 70.6 cm³/mol. The summed E-state index contributed by atoms with van der Waals surface area (Å²) in [4.78, 5) is 15.8. The standard InChI is InChI=1S/C15H12F3NO2/c1-2-21-14(20)13-8-11(15(16,17)18)5-6-12(13)10-4-3-7-19-9-10/h3-9H,2H2,1H3. The second-order valence-electron chi connectivity index (χ2n) is 4.22. The number of carbonyl (C=O) groups excluding carboxylic acids is 1. The summed E-state index contributed by atoms with van der Waals surface area (Å²) in [5, 5.41) is 0. The smallest absolute Gasteiger partial charge is 0.416 e. The van der Waals surface area contributed by atoms with E-state index in [0.29, 0.717) is 11.1 Å². The molecule has 2 rings (SSSR count). The van der Waals surface area contributed by atoms with Crippen LogP contribution < -0.4 is 0 Å². The van der Waals surface area contributed by atoms with Crippen LogP contribution in [0.1, 0.15) is 22.8 Å². The average Bonchev–Trinajstić information content (AvgIpc) is 2.47. The lowest BCUT2D eigenvalue weighted by atomic mass is 9.98. The summed E-state index contributed by atoms with van der Waals surface area (Å²) < 4.78 is 43.2. The van der Waals surface area contributed by atoms with Gasteiger partial charge in [-0.05, 0) is 30.7 Å². The van der Waals surface area contributed by atoms with Gasteiger partial charge in [-0.15, -0.1) is 0 Å². The Bertz CT molecular complexity index is 639. The van der Waals surface area contributed by atoms with E-state index in [2.05, 4.69) is 4.98 Å². The number of benzene rings is 1. The number of esters is 1. The van der Waals surface area contributed by atoms with E-state index in [4.69, 9.17) is 4.74 Å². The molecule has 0 atom stereocenters. The maximum absolute atomic E-state index is 12.8. The topological polar surface area (TPSA) is 39.2 Å². The summed E-state index contributed by atoms with van der Waals surface area (Å²) in [7, 11) is 0. The average molecular weight is 295 g/mol. The normalized spacial score (nSPS) is 11.2. The monoisotopic (exact) mass is 295 g/mol. The number of nitrogens with zero attached hydrogens (tertiary/aromatic N) is 1. The van der Waals surface area contributed by atoms with Crippen LogP contribution in [0.3, 0.4) is 0 Å². The Morgan fingerprint density at radius 3 is 2.62 bits per heavy atom. The molecule has 0 aliphatic rings. The fraction of sp³-hybridized carbons (Fsp3) is 0.200. The quantitative estimate of drug-likeness (QED) is 0.805. The van der Waals surface area contributed by atoms with E-state index in [-0.39, 0.29) is 12.2 Å². The first-order valence-electron chi connectivity index (χ1n) is 6.22. The fourth-order valence-corrected chi connectivity index (χ4v) is 1.87. The van der Waals surface area contributed by atoms with Crippen molar-refractivity contribution in [1.29, 1.82) is 0 Å². The highest BCUT2D eigenvalue weighted by Crippen LogP contribution is 2.33. The fourth-order valence-electron chi connectivity index (χ4n) is 1.87. The Kier molecular flexibility index (Phi) is 4.26. The van der Waals surface area contributed by atoms with Gasteiger partial charge in [0.15, 0.2) is 0 Å². The third-order valence-electron chi connectivity index (χ3n) is 2.81. The van der Waals surface area contributed by atoms with Crippen molar-refractivity contribution >= 4 is 5.97 Å². The molecule has 0 aliphatic carbocycles. The van der Waals surface area contributed by atoms with Crippen LogP contribution in [0.2, 0.25) is 0 Å². The van der Waals surface area contributed by atoms with Gasteiger partial charge in [0.25, 0.3) is 0 Å². The molecule has 2 aromatic rings. The highest BCUT2D eigenvalue weighted by atomic mass is 19.4. The summed E-state index contributed by atoms with van der Waals surface area (Å²) in [6.07, 6.45) is -1.50. The van der Waals surface area contributed by atoms with Crippen molar-refractivity contribution in [2.45, 2.75) is 13.1 Å². The molecule has 1 heterocycles. The van der Waals surface area contributed by atoms with E-state index < -0.39 is 17.7 Å². The molecule has 21 heavy (non-hydrogen) atoms. The first kappa shape index (κ1) is 15.0. The van der Waals surface area contributed by atoms with E-state index in [1.807, 2.05) is 0 Å². The molecule has 0 aliphatic heterocycles. The number of pyridine rings is 1. The zero-order valence-corrected chi connectivity index (χ0v) is 11.1. The summed E-state index contributed by atoms with van der Waals surface area (Å²) in [6.45, 7) is 1.68. The number of ether oxygens (including phenoxy) is 1. The van der Waals surface area contributed by atoms with Crippen LogP contribution in [0.4, 0.5) is 13.2 Å². The highest BCUT2D eigenvalue weighted by molar-refractivity contribution is 5.97. The van der Waals surface area contributed by atoms with Crippen LogP contribution in [-0.4, -0.2) is 17.6 Å². The molecule has 0 saturated heterocycles. The maximum Gasteiger partial charge on any atom is 0.416 e. The molecule has 0 saturated carbocycles. The van der Waals surface area contributed by atoms with Crippen LogP contribution in [0, 0.1) is 0 Å². The van der Waals surface area contributed by atoms with Crippen molar-refractivity contribution in [1.82, 2.24) is 4.98 Å². The number of hydrogen-bond donors (Lipinski definition) is 0. The lowest BCUT2D eigenvalue weighted by molar-refractivity contribution is -0.137. The minimum Gasteiger partial charge on any atom is -0.462 e. The van der Waals surface area contributed by atoms with Gasteiger partial charge in [0, 0.05) is 18.0 Å². The summed E-state index contributed by atoms with van der Waals surface area (Å²) in [6, 6.07) is 6.30. The number of rotatable bonds is 3. The zero-order chi connectivity index (χ0) is 15.5. The molecule has 0 amide bonds. The van der Waals surface area contributed by atoms with Crippen LogP contribution >= 0.6 is 0 Å². The van der Waals surface area contributed by atoms with Gasteiger partial charge < -0.3 is 4.74 Å². The molecule has 0 bridgehead atoms. The van der Waals surface area contributed by atoms with Gasteiger partial charge in [-0.25, -0.2) is 4.79 Å². The van der Waals surface area contributed by atoms with Crippen molar-refractivity contribution in [3.8, 4) is 11.1 Å². The Labute approximate surface area is 119 Å². The highest BCUT2D eigenvalue weighted by Gasteiger charge is 2.32. The molecule has 1 aromatic heterocycles. The number of halogens is 3. The van der Waals surface area contributed by atoms with Crippen molar-refractivity contribution in [2.75, 3.05) is 6.61 Å². The van der Waals surface area contributed by atoms with Gasteiger partial charge in [-0.2, -0.15) is 13.2 Å². The van der Waals surface area contributed by atoms with Gasteiger partial charge in [-0.3, -0.25) is 4.98 Å². The molecule has 1 aromatic carbocycles. The molecule has 0 N–H and O–H groups in total. The molecule has 0 spiro atoms. The first-order chi connectivity index (χ1) is 9.93. The van der Waals surface area contributed by atoms with Crippen molar-refractivity contribution in [3.63, 3.8) is 0 Å². The van der Waals surface area contributed by atoms with E-state index >= 15 is 0 Å². The minimum absolute atomic E-state index is 0.0849. The maximum atomic E-state index is 12.8. The summed E-state index contributed by atoms with van der Waals surface area (Å²) in [5.74, 6) is -0.789. The van der Waals surface area contributed by atoms with E-state index in [1.54, 1.807) is 19.1 Å². The lowest BCUT2D eigenvalue weighted by Gasteiger charge is -2.13. The lowest BCUT2D eigenvalue weighted by Crippen LogP contribution is -2.11. The predicted octanol–water partition coefficient (Wildman–Crippen LogP) is 3.94. The zero-order valence-electron chi connectivity index (χ0n) is 11.1. The molecule has 3 nitrogen and oxygen atoms in total. The molecule has 0 radical (unpaired) electrons. The van der Waals surface area contributed by atoms with Crippen LogP contribution in [0.5, 0.6) is 0 Å². The van der Waals surface area contributed by atoms with Crippen molar-refractivity contribution in [3.05, 3.63) is 53.9 Å². The number of carbonyl (C=O) groups is 1. The van der Waals surface area contributed by atoms with E-state index in [9.17, 15) is 18.0 Å². The number of aromatic nitrogens is 1. The minimum atomic E-state index is -4.52. The molecular weight excluding hydrogens is 283 g/mol. The third-order valence-corrected chi connectivity index (χ3v) is 2.81. The van der Waals surface area contributed by atoms with Crippen LogP contribution in [-0.2, 0) is 10.9 Å². The molecule has 0 unspecified atom stereocenters. The molecular formula is C15H12F3NO2. The Morgan fingerprint density at radius 2 is 2.05 bits per heavy atom. The van der Waals surface area contributed by atoms with Crippen LogP contribution in [0.15, 0.2) is 42.7 Å². The Hall–Kier alpha value is -2.37. The second kappa shape index (κ2) is 5.95. The van der Waals surface area contributed by atoms with Gasteiger partial charge in [0.2, 0.25) is 0 Å². The van der Waals surface area contributed by atoms with Crippen molar-refractivity contribution in [2.24, 2.45) is 0 Å². The largest absolute Gasteiger partial charge is 0.462 e. The van der Waals surface area contributed by atoms with Gasteiger partial charge in [0.1, 0.15) is 0 Å². The summed E-state index contributed by atoms with van der Waals surface area (Å²) >= 11 is 0. The number of hydrogen-bond acceptors (Lipinski definition) is 3. The third kappa shape index (κ3) is 3.39. The second-order valence-corrected chi connectivity index (χ2v) is 4.22. The van der Waals surface area contributed by atoms with Gasteiger partial charge in [-0.1, -0.05) is 12.1 Å². The first-order valence-corrected chi connectivity index (χ1v) is 6.22. The van der Waals surface area contributed by atoms with E-state index in [1.165, 1.54) is 18.5 Å². The number of alkyl halides is 3. The molecule has 0 fully saturated rings. The van der Waals surface area contributed by atoms with Gasteiger partial charge in [0.05, 0.1) is 17.7 Å². The van der Waals surface area contributed by atoms with Crippen molar-refractivity contribution < 1.29 is 22.7 Å². The van der Waals surface area contributed by atoms with E-state index in [0.717, 1.165) is 12.1 Å². The van der Waals surface area contributed by atoms with Crippen LogP contribution in [0.25, 0.3) is 11.1 Å². The Balaban J connectivity index is 2.57. The SMILES string of the molecule is CCOC(=O)c1cc(C(F)(F)F)ccc1-c1cccnc1. The summed E-state index contributed by atoms with van der Waals surface area (Å²) in [5.41, 5.74) is -0.110.